The molecule has 0 heterocycles. The van der Waals surface area contributed by atoms with E-state index in [0.29, 0.717) is 0 Å². The molecule has 0 fully saturated rings. The summed E-state index contributed by atoms with van der Waals surface area (Å²) < 4.78 is 0. The molecule has 0 saturated carbocycles. The summed E-state index contributed by atoms with van der Waals surface area (Å²) in [6.07, 6.45) is 29.2. The molecule has 0 heteroatoms. The van der Waals surface area contributed by atoms with Crippen LogP contribution < -0.4 is 0 Å². The molecule has 0 radical (unpaired) electrons. The van der Waals surface area contributed by atoms with Gasteiger partial charge in [-0.05, 0) is 18.3 Å². The van der Waals surface area contributed by atoms with Crippen molar-refractivity contribution >= 4 is 0 Å². The molecule has 0 N–H and O–H groups in total. The van der Waals surface area contributed by atoms with Gasteiger partial charge in [-0.2, -0.15) is 0 Å². The largest absolute Gasteiger partial charge is 0.0654 e. The van der Waals surface area contributed by atoms with Crippen LogP contribution in [0.1, 0.15) is 156 Å². The Labute approximate surface area is 168 Å². The summed E-state index contributed by atoms with van der Waals surface area (Å²) in [5.41, 5.74) is 0. The molecule has 0 aliphatic carbocycles. The molecule has 0 aromatic heterocycles. The van der Waals surface area contributed by atoms with Crippen molar-refractivity contribution in [1.82, 2.24) is 0 Å². The zero-order valence-corrected chi connectivity index (χ0v) is 19.3. The fraction of sp³-hybridized carbons (Fsp3) is 1.00. The van der Waals surface area contributed by atoms with E-state index in [2.05, 4.69) is 27.7 Å². The predicted octanol–water partition coefficient (Wildman–Crippen LogP) is 10.1. The zero-order valence-electron chi connectivity index (χ0n) is 19.3. The van der Waals surface area contributed by atoms with Crippen molar-refractivity contribution in [3.63, 3.8) is 0 Å². The molecule has 0 aromatic rings. The Kier molecular flexibility index (Phi) is 21.3. The van der Waals surface area contributed by atoms with Crippen LogP contribution >= 0.6 is 0 Å². The smallest absolute Gasteiger partial charge is 0.0412 e. The van der Waals surface area contributed by atoms with Gasteiger partial charge in [0.15, 0.2) is 0 Å². The highest BCUT2D eigenvalue weighted by atomic mass is 14.2. The normalized spacial score (nSPS) is 13.8. The highest BCUT2D eigenvalue weighted by Gasteiger charge is 2.16. The molecular formula is C26H54. The van der Waals surface area contributed by atoms with E-state index in [4.69, 9.17) is 0 Å². The van der Waals surface area contributed by atoms with Gasteiger partial charge in [0.05, 0.1) is 0 Å². The summed E-state index contributed by atoms with van der Waals surface area (Å²) in [6, 6.07) is 0. The molecule has 26 heavy (non-hydrogen) atoms. The quantitative estimate of drug-likeness (QED) is 0.177. The van der Waals surface area contributed by atoms with Gasteiger partial charge in [0.25, 0.3) is 0 Å². The van der Waals surface area contributed by atoms with Gasteiger partial charge < -0.3 is 0 Å². The average molecular weight is 367 g/mol. The van der Waals surface area contributed by atoms with Crippen LogP contribution in [0.5, 0.6) is 0 Å². The highest BCUT2D eigenvalue weighted by molar-refractivity contribution is 4.68. The summed E-state index contributed by atoms with van der Waals surface area (Å²) in [6.45, 7) is 9.38. The summed E-state index contributed by atoms with van der Waals surface area (Å²) in [5.74, 6) is 2.05. The Hall–Kier alpha value is 0. The van der Waals surface area contributed by atoms with Crippen molar-refractivity contribution in [1.29, 1.82) is 0 Å². The van der Waals surface area contributed by atoms with E-state index in [1.807, 2.05) is 0 Å². The van der Waals surface area contributed by atoms with Crippen molar-refractivity contribution in [2.45, 2.75) is 156 Å². The van der Waals surface area contributed by atoms with E-state index in [1.54, 1.807) is 6.42 Å². The molecule has 2 unspecified atom stereocenters. The Bertz CT molecular complexity index is 244. The van der Waals surface area contributed by atoms with Gasteiger partial charge in [0.1, 0.15) is 0 Å². The lowest BCUT2D eigenvalue weighted by atomic mass is 9.82. The predicted molar refractivity (Wildman–Crippen MR) is 122 cm³/mol. The molecule has 0 aliphatic rings. The first kappa shape index (κ1) is 26.0. The standard InChI is InChI=1S/C26H54/c1-5-9-12-14-16-19-22-25(20-8-4)24-26(21-17-11-7-3)23-18-15-13-10-6-2/h25-26H,5-24H2,1-4H3. The fourth-order valence-corrected chi connectivity index (χ4v) is 4.57. The van der Waals surface area contributed by atoms with Crippen molar-refractivity contribution < 1.29 is 0 Å². The third kappa shape index (κ3) is 17.4. The fourth-order valence-electron chi connectivity index (χ4n) is 4.57. The molecule has 2 atom stereocenters. The van der Waals surface area contributed by atoms with E-state index in [0.717, 1.165) is 11.8 Å². The van der Waals surface area contributed by atoms with Gasteiger partial charge in [-0.3, -0.25) is 0 Å². The third-order valence-electron chi connectivity index (χ3n) is 6.26. The van der Waals surface area contributed by atoms with Crippen LogP contribution in [-0.4, -0.2) is 0 Å². The van der Waals surface area contributed by atoms with Crippen molar-refractivity contribution in [2.75, 3.05) is 0 Å². The van der Waals surface area contributed by atoms with E-state index in [9.17, 15) is 0 Å². The lowest BCUT2D eigenvalue weighted by Gasteiger charge is -2.24. The minimum atomic E-state index is 1.02. The highest BCUT2D eigenvalue weighted by Crippen LogP contribution is 2.30. The van der Waals surface area contributed by atoms with Crippen molar-refractivity contribution in [2.24, 2.45) is 11.8 Å². The molecule has 0 bridgehead atoms. The zero-order chi connectivity index (χ0) is 19.3. The SMILES string of the molecule is CCCCCCCCC(CCC)CC(CCCCC)CCCCCCC. The van der Waals surface area contributed by atoms with Gasteiger partial charge in [0, 0.05) is 0 Å². The van der Waals surface area contributed by atoms with Crippen LogP contribution in [0.3, 0.4) is 0 Å². The van der Waals surface area contributed by atoms with Crippen LogP contribution in [-0.2, 0) is 0 Å². The van der Waals surface area contributed by atoms with Crippen molar-refractivity contribution in [3.05, 3.63) is 0 Å². The van der Waals surface area contributed by atoms with Crippen molar-refractivity contribution in [3.8, 4) is 0 Å². The van der Waals surface area contributed by atoms with Crippen LogP contribution in [0.2, 0.25) is 0 Å². The van der Waals surface area contributed by atoms with E-state index >= 15 is 0 Å². The van der Waals surface area contributed by atoms with Crippen LogP contribution in [0, 0.1) is 11.8 Å². The first-order chi connectivity index (χ1) is 12.8. The number of rotatable bonds is 21. The van der Waals surface area contributed by atoms with Gasteiger partial charge in [0.2, 0.25) is 0 Å². The molecule has 0 rings (SSSR count). The van der Waals surface area contributed by atoms with Crippen LogP contribution in [0.4, 0.5) is 0 Å². The third-order valence-corrected chi connectivity index (χ3v) is 6.26. The minimum absolute atomic E-state index is 1.02. The Morgan fingerprint density at radius 2 is 0.692 bits per heavy atom. The van der Waals surface area contributed by atoms with E-state index in [1.165, 1.54) is 122 Å². The molecule has 0 spiro atoms. The maximum atomic E-state index is 2.39. The molecule has 158 valence electrons. The second-order valence-electron chi connectivity index (χ2n) is 9.01. The molecule has 0 aliphatic heterocycles. The lowest BCUT2D eigenvalue weighted by Crippen LogP contribution is -2.10. The molecule has 0 nitrogen and oxygen atoms in total. The van der Waals surface area contributed by atoms with Crippen LogP contribution in [0.25, 0.3) is 0 Å². The lowest BCUT2D eigenvalue weighted by molar-refractivity contribution is 0.287. The molecule has 0 amide bonds. The Morgan fingerprint density at radius 1 is 0.346 bits per heavy atom. The van der Waals surface area contributed by atoms with Gasteiger partial charge in [-0.25, -0.2) is 0 Å². The first-order valence-electron chi connectivity index (χ1n) is 12.8. The van der Waals surface area contributed by atoms with Gasteiger partial charge in [-0.1, -0.05) is 150 Å². The van der Waals surface area contributed by atoms with Gasteiger partial charge in [-0.15, -0.1) is 0 Å². The molecular weight excluding hydrogens is 312 g/mol. The van der Waals surface area contributed by atoms with E-state index in [-0.39, 0.29) is 0 Å². The molecule has 0 saturated heterocycles. The van der Waals surface area contributed by atoms with Crippen LogP contribution in [0.15, 0.2) is 0 Å². The summed E-state index contributed by atoms with van der Waals surface area (Å²) >= 11 is 0. The van der Waals surface area contributed by atoms with E-state index < -0.39 is 0 Å². The minimum Gasteiger partial charge on any atom is -0.0654 e. The number of hydrogen-bond donors (Lipinski definition) is 0. The summed E-state index contributed by atoms with van der Waals surface area (Å²) in [4.78, 5) is 0. The van der Waals surface area contributed by atoms with Gasteiger partial charge >= 0.3 is 0 Å². The topological polar surface area (TPSA) is 0 Å². The second-order valence-corrected chi connectivity index (χ2v) is 9.01. The maximum Gasteiger partial charge on any atom is -0.0412 e. The molecule has 0 aromatic carbocycles. The summed E-state index contributed by atoms with van der Waals surface area (Å²) in [7, 11) is 0. The Morgan fingerprint density at radius 3 is 1.15 bits per heavy atom. The number of hydrogen-bond acceptors (Lipinski definition) is 0. The number of unbranched alkanes of at least 4 members (excludes halogenated alkanes) is 11. The maximum absolute atomic E-state index is 2.39. The Balaban J connectivity index is 4.18. The first-order valence-corrected chi connectivity index (χ1v) is 12.8. The summed E-state index contributed by atoms with van der Waals surface area (Å²) in [5, 5.41) is 0. The second kappa shape index (κ2) is 21.3. The monoisotopic (exact) mass is 366 g/mol. The average Bonchev–Trinajstić information content (AvgIpc) is 2.64.